The molecule has 0 aromatic heterocycles. The third-order valence-electron chi connectivity index (χ3n) is 6.24. The number of nitrogens with one attached hydrogen (secondary N) is 2. The maximum atomic E-state index is 13.0. The van der Waals surface area contributed by atoms with E-state index in [0.29, 0.717) is 31.5 Å². The first kappa shape index (κ1) is 23.3. The van der Waals surface area contributed by atoms with Crippen molar-refractivity contribution in [3.05, 3.63) is 94.0 Å². The number of anilines is 1. The van der Waals surface area contributed by atoms with Gasteiger partial charge in [0.2, 0.25) is 5.91 Å². The summed E-state index contributed by atoms with van der Waals surface area (Å²) in [5.41, 5.74) is 11.4. The number of carboxylic acids is 1. The van der Waals surface area contributed by atoms with E-state index in [1.165, 1.54) is 0 Å². The van der Waals surface area contributed by atoms with Crippen LogP contribution in [0.5, 0.6) is 5.75 Å². The molecule has 2 atom stereocenters. The van der Waals surface area contributed by atoms with Crippen LogP contribution in [-0.2, 0) is 17.6 Å². The van der Waals surface area contributed by atoms with Crippen LogP contribution in [0.15, 0.2) is 60.7 Å². The summed E-state index contributed by atoms with van der Waals surface area (Å²) < 4.78 is 0. The highest BCUT2D eigenvalue weighted by Crippen LogP contribution is 2.35. The first-order valence-electron chi connectivity index (χ1n) is 11.3. The Balaban J connectivity index is 1.57. The molecular weight excluding hydrogens is 430 g/mol. The third-order valence-corrected chi connectivity index (χ3v) is 6.24. The first-order chi connectivity index (χ1) is 16.3. The quantitative estimate of drug-likeness (QED) is 0.368. The lowest BCUT2D eigenvalue weighted by atomic mass is 9.90. The summed E-state index contributed by atoms with van der Waals surface area (Å²) in [6.07, 6.45) is 1.55. The summed E-state index contributed by atoms with van der Waals surface area (Å²) in [6.45, 7) is 2.41. The molecule has 0 radical (unpaired) electrons. The van der Waals surface area contributed by atoms with E-state index < -0.39 is 12.0 Å². The molecule has 1 aliphatic rings. The Morgan fingerprint density at radius 2 is 1.88 bits per heavy atom. The Morgan fingerprint density at radius 3 is 2.59 bits per heavy atom. The van der Waals surface area contributed by atoms with E-state index in [-0.39, 0.29) is 23.3 Å². The van der Waals surface area contributed by atoms with Crippen LogP contribution in [0.2, 0.25) is 0 Å². The molecule has 34 heavy (non-hydrogen) atoms. The zero-order valence-electron chi connectivity index (χ0n) is 19.0. The van der Waals surface area contributed by atoms with Crippen molar-refractivity contribution in [3.63, 3.8) is 0 Å². The minimum absolute atomic E-state index is 0.172. The lowest BCUT2D eigenvalue weighted by Crippen LogP contribution is -2.44. The number of carbonyl (C=O) groups is 2. The van der Waals surface area contributed by atoms with Crippen molar-refractivity contribution in [1.82, 2.24) is 5.32 Å². The van der Waals surface area contributed by atoms with Crippen LogP contribution in [0.3, 0.4) is 0 Å². The Labute approximate surface area is 198 Å². The predicted molar refractivity (Wildman–Crippen MR) is 131 cm³/mol. The normalized spacial score (nSPS) is 15.6. The molecule has 1 aliphatic heterocycles. The lowest BCUT2D eigenvalue weighted by molar-refractivity contribution is -0.123. The number of carbonyl (C=O) groups excluding carboxylic acids is 1. The number of aromatic hydroxyl groups is 1. The second-order valence-corrected chi connectivity index (χ2v) is 8.77. The van der Waals surface area contributed by atoms with Gasteiger partial charge in [0.1, 0.15) is 5.75 Å². The third kappa shape index (κ3) is 5.21. The lowest BCUT2D eigenvalue weighted by Gasteiger charge is -2.30. The number of phenolic OH excluding ortho intramolecular Hbond substituents is 1. The largest absolute Gasteiger partial charge is 0.508 e. The van der Waals surface area contributed by atoms with E-state index in [0.717, 1.165) is 27.8 Å². The van der Waals surface area contributed by atoms with E-state index in [4.69, 9.17) is 5.73 Å². The van der Waals surface area contributed by atoms with Crippen LogP contribution < -0.4 is 16.4 Å². The van der Waals surface area contributed by atoms with Crippen molar-refractivity contribution >= 4 is 17.6 Å². The zero-order chi connectivity index (χ0) is 24.2. The van der Waals surface area contributed by atoms with E-state index in [2.05, 4.69) is 10.6 Å². The standard InChI is InChI=1S/C27H29N3O4/c1-16-11-20(31)8-7-19(16)15-23(28)26(32)30-24-9-10-29-25-21(24)13-18(14-22(25)27(33)34)12-17-5-3-2-4-6-17/h2-8,11,13-14,23-24,29,31H,9-10,12,15,28H2,1H3,(H,30,32)(H,33,34)/t23-,24+/m0/s1. The highest BCUT2D eigenvalue weighted by molar-refractivity contribution is 5.96. The van der Waals surface area contributed by atoms with Crippen LogP contribution in [0.25, 0.3) is 0 Å². The number of carboxylic acid groups (broad SMARTS) is 1. The van der Waals surface area contributed by atoms with Gasteiger partial charge >= 0.3 is 5.97 Å². The van der Waals surface area contributed by atoms with E-state index in [1.807, 2.05) is 43.3 Å². The monoisotopic (exact) mass is 459 g/mol. The second kappa shape index (κ2) is 9.97. The van der Waals surface area contributed by atoms with Crippen molar-refractivity contribution in [2.45, 2.75) is 38.3 Å². The van der Waals surface area contributed by atoms with Crippen LogP contribution in [0.4, 0.5) is 5.69 Å². The fraction of sp³-hybridized carbons (Fsp3) is 0.259. The molecular formula is C27H29N3O4. The van der Waals surface area contributed by atoms with Gasteiger partial charge in [-0.15, -0.1) is 0 Å². The van der Waals surface area contributed by atoms with Crippen molar-refractivity contribution < 1.29 is 19.8 Å². The molecule has 0 bridgehead atoms. The summed E-state index contributed by atoms with van der Waals surface area (Å²) in [5.74, 6) is -1.13. The number of nitrogens with two attached hydrogens (primary N) is 1. The predicted octanol–water partition coefficient (Wildman–Crippen LogP) is 3.53. The summed E-state index contributed by atoms with van der Waals surface area (Å²) in [7, 11) is 0. The maximum absolute atomic E-state index is 13.0. The topological polar surface area (TPSA) is 125 Å². The number of benzene rings is 3. The van der Waals surface area contributed by atoms with Gasteiger partial charge < -0.3 is 26.6 Å². The minimum atomic E-state index is -1.01. The van der Waals surface area contributed by atoms with Crippen molar-refractivity contribution in [2.24, 2.45) is 5.73 Å². The Morgan fingerprint density at radius 1 is 1.12 bits per heavy atom. The van der Waals surface area contributed by atoms with Gasteiger partial charge in [-0.2, -0.15) is 0 Å². The van der Waals surface area contributed by atoms with Crippen LogP contribution >= 0.6 is 0 Å². The van der Waals surface area contributed by atoms with Gasteiger partial charge in [-0.05, 0) is 72.2 Å². The molecule has 3 aromatic carbocycles. The number of fused-ring (bicyclic) bond motifs is 1. The van der Waals surface area contributed by atoms with E-state index in [1.54, 1.807) is 24.3 Å². The molecule has 0 fully saturated rings. The Kier molecular flexibility index (Phi) is 6.84. The van der Waals surface area contributed by atoms with Gasteiger partial charge in [0.05, 0.1) is 23.3 Å². The number of hydrogen-bond donors (Lipinski definition) is 5. The fourth-order valence-electron chi connectivity index (χ4n) is 4.47. The van der Waals surface area contributed by atoms with Gasteiger partial charge in [-0.3, -0.25) is 4.79 Å². The summed E-state index contributed by atoms with van der Waals surface area (Å²) >= 11 is 0. The van der Waals surface area contributed by atoms with Crippen LogP contribution in [0.1, 0.15) is 50.6 Å². The Bertz CT molecular complexity index is 1210. The van der Waals surface area contributed by atoms with E-state index >= 15 is 0 Å². The highest BCUT2D eigenvalue weighted by Gasteiger charge is 2.28. The summed E-state index contributed by atoms with van der Waals surface area (Å²) in [4.78, 5) is 25.0. The maximum Gasteiger partial charge on any atom is 0.337 e. The van der Waals surface area contributed by atoms with Gasteiger partial charge in [-0.1, -0.05) is 42.5 Å². The van der Waals surface area contributed by atoms with Gasteiger partial charge in [-0.25, -0.2) is 4.79 Å². The smallest absolute Gasteiger partial charge is 0.337 e. The molecule has 0 saturated carbocycles. The van der Waals surface area contributed by atoms with Gasteiger partial charge in [0.15, 0.2) is 0 Å². The Hall–Kier alpha value is -3.84. The molecule has 0 saturated heterocycles. The van der Waals surface area contributed by atoms with Crippen LogP contribution in [-0.4, -0.2) is 34.7 Å². The summed E-state index contributed by atoms with van der Waals surface area (Å²) in [6, 6.07) is 17.4. The van der Waals surface area contributed by atoms with Crippen molar-refractivity contribution in [2.75, 3.05) is 11.9 Å². The fourth-order valence-corrected chi connectivity index (χ4v) is 4.47. The number of aryl methyl sites for hydroxylation is 1. The number of phenols is 1. The van der Waals surface area contributed by atoms with E-state index in [9.17, 15) is 19.8 Å². The molecule has 1 amide bonds. The molecule has 7 nitrogen and oxygen atoms in total. The molecule has 0 spiro atoms. The number of hydrogen-bond acceptors (Lipinski definition) is 5. The second-order valence-electron chi connectivity index (χ2n) is 8.77. The van der Waals surface area contributed by atoms with Gasteiger partial charge in [0.25, 0.3) is 0 Å². The van der Waals surface area contributed by atoms with Gasteiger partial charge in [0, 0.05) is 6.54 Å². The van der Waals surface area contributed by atoms with Crippen molar-refractivity contribution in [1.29, 1.82) is 0 Å². The molecule has 0 unspecified atom stereocenters. The molecule has 6 N–H and O–H groups in total. The molecule has 3 aromatic rings. The molecule has 0 aliphatic carbocycles. The first-order valence-corrected chi connectivity index (χ1v) is 11.3. The molecule has 4 rings (SSSR count). The number of amides is 1. The average molecular weight is 460 g/mol. The zero-order valence-corrected chi connectivity index (χ0v) is 19.0. The molecule has 176 valence electrons. The summed E-state index contributed by atoms with van der Waals surface area (Å²) in [5, 5.41) is 25.7. The number of aromatic carboxylic acids is 1. The average Bonchev–Trinajstić information content (AvgIpc) is 2.81. The number of rotatable bonds is 7. The molecule has 7 heteroatoms. The minimum Gasteiger partial charge on any atom is -0.508 e. The SMILES string of the molecule is Cc1cc(O)ccc1C[C@H](N)C(=O)N[C@@H]1CCNc2c(C(=O)O)cc(Cc3ccccc3)cc21. The highest BCUT2D eigenvalue weighted by atomic mass is 16.4. The molecule has 1 heterocycles. The van der Waals surface area contributed by atoms with Crippen molar-refractivity contribution in [3.8, 4) is 5.75 Å². The van der Waals surface area contributed by atoms with Crippen LogP contribution in [0, 0.1) is 6.92 Å².